The molecule has 0 aliphatic carbocycles. The summed E-state index contributed by atoms with van der Waals surface area (Å²) in [5.74, 6) is 0.233. The molecule has 0 spiro atoms. The monoisotopic (exact) mass is 291 g/mol. The topological polar surface area (TPSA) is 37.8 Å². The molecule has 0 amide bonds. The Kier molecular flexibility index (Phi) is 3.68. The van der Waals surface area contributed by atoms with Crippen molar-refractivity contribution in [3.05, 3.63) is 46.0 Å². The van der Waals surface area contributed by atoms with Crippen LogP contribution < -0.4 is 5.32 Å². The highest BCUT2D eigenvalue weighted by molar-refractivity contribution is 6.33. The van der Waals surface area contributed by atoms with Crippen LogP contribution in [0.1, 0.15) is 30.3 Å². The molecular formula is C15H15ClFN3. The van der Waals surface area contributed by atoms with Crippen molar-refractivity contribution in [3.8, 4) is 11.4 Å². The van der Waals surface area contributed by atoms with Gasteiger partial charge in [0.15, 0.2) is 5.82 Å². The molecule has 3 rings (SSSR count). The van der Waals surface area contributed by atoms with E-state index >= 15 is 0 Å². The molecule has 0 unspecified atom stereocenters. The molecule has 1 aromatic heterocycles. The van der Waals surface area contributed by atoms with Gasteiger partial charge in [0.25, 0.3) is 0 Å². The summed E-state index contributed by atoms with van der Waals surface area (Å²) in [6, 6.07) is 4.32. The maximum Gasteiger partial charge on any atom is 0.161 e. The zero-order valence-electron chi connectivity index (χ0n) is 11.2. The van der Waals surface area contributed by atoms with E-state index in [1.54, 1.807) is 6.07 Å². The van der Waals surface area contributed by atoms with Crippen LogP contribution in [0, 0.1) is 5.82 Å². The van der Waals surface area contributed by atoms with Crippen LogP contribution in [0.25, 0.3) is 11.4 Å². The van der Waals surface area contributed by atoms with Gasteiger partial charge in [0.2, 0.25) is 0 Å². The lowest BCUT2D eigenvalue weighted by Gasteiger charge is -2.10. The highest BCUT2D eigenvalue weighted by Crippen LogP contribution is 2.28. The van der Waals surface area contributed by atoms with Gasteiger partial charge in [-0.1, -0.05) is 24.9 Å². The van der Waals surface area contributed by atoms with Crippen molar-refractivity contribution in [3.63, 3.8) is 0 Å². The molecular weight excluding hydrogens is 277 g/mol. The van der Waals surface area contributed by atoms with Gasteiger partial charge in [-0.3, -0.25) is 0 Å². The number of benzene rings is 1. The first kappa shape index (κ1) is 13.5. The van der Waals surface area contributed by atoms with Crippen molar-refractivity contribution in [1.29, 1.82) is 0 Å². The molecule has 0 saturated heterocycles. The van der Waals surface area contributed by atoms with Crippen molar-refractivity contribution < 1.29 is 4.39 Å². The Morgan fingerprint density at radius 1 is 1.30 bits per heavy atom. The first-order chi connectivity index (χ1) is 9.69. The van der Waals surface area contributed by atoms with Gasteiger partial charge >= 0.3 is 0 Å². The molecule has 0 bridgehead atoms. The van der Waals surface area contributed by atoms with Gasteiger partial charge in [-0.2, -0.15) is 0 Å². The minimum atomic E-state index is -0.352. The van der Waals surface area contributed by atoms with Crippen molar-refractivity contribution >= 4 is 11.6 Å². The molecule has 104 valence electrons. The van der Waals surface area contributed by atoms with E-state index in [-0.39, 0.29) is 5.82 Å². The highest BCUT2D eigenvalue weighted by atomic mass is 35.5. The molecule has 20 heavy (non-hydrogen) atoms. The fourth-order valence-electron chi connectivity index (χ4n) is 2.47. The number of halogens is 2. The number of fused-ring (bicyclic) bond motifs is 1. The summed E-state index contributed by atoms with van der Waals surface area (Å²) in [4.78, 5) is 9.21. The van der Waals surface area contributed by atoms with Crippen LogP contribution >= 0.6 is 11.6 Å². The van der Waals surface area contributed by atoms with Crippen LogP contribution in [0.4, 0.5) is 4.39 Å². The minimum absolute atomic E-state index is 0.346. The SMILES string of the molecule is CCCc1nc(-c2ccc(F)cc2Cl)nc2c1CNC2. The van der Waals surface area contributed by atoms with Crippen LogP contribution in [0.15, 0.2) is 18.2 Å². The second-order valence-electron chi connectivity index (χ2n) is 4.90. The quantitative estimate of drug-likeness (QED) is 0.940. The average molecular weight is 292 g/mol. The fourth-order valence-corrected chi connectivity index (χ4v) is 2.72. The number of nitrogens with one attached hydrogen (secondary N) is 1. The molecule has 0 radical (unpaired) electrons. The molecule has 5 heteroatoms. The van der Waals surface area contributed by atoms with E-state index in [4.69, 9.17) is 11.6 Å². The Bertz CT molecular complexity index is 658. The smallest absolute Gasteiger partial charge is 0.161 e. The summed E-state index contributed by atoms with van der Waals surface area (Å²) < 4.78 is 13.1. The lowest BCUT2D eigenvalue weighted by molar-refractivity contribution is 0.628. The van der Waals surface area contributed by atoms with Gasteiger partial charge in [-0.15, -0.1) is 0 Å². The zero-order chi connectivity index (χ0) is 14.1. The Morgan fingerprint density at radius 3 is 2.90 bits per heavy atom. The molecule has 1 aromatic carbocycles. The first-order valence-corrected chi connectivity index (χ1v) is 7.11. The lowest BCUT2D eigenvalue weighted by Crippen LogP contribution is -2.04. The standard InChI is InChI=1S/C15H15ClFN3/c1-2-3-13-11-7-18-8-14(11)20-15(19-13)10-5-4-9(17)6-12(10)16/h4-6,18H,2-3,7-8H2,1H3. The lowest BCUT2D eigenvalue weighted by atomic mass is 10.1. The average Bonchev–Trinajstić information content (AvgIpc) is 2.87. The van der Waals surface area contributed by atoms with Gasteiger partial charge in [-0.05, 0) is 24.6 Å². The molecule has 2 heterocycles. The highest BCUT2D eigenvalue weighted by Gasteiger charge is 2.19. The first-order valence-electron chi connectivity index (χ1n) is 6.74. The van der Waals surface area contributed by atoms with E-state index in [9.17, 15) is 4.39 Å². The Morgan fingerprint density at radius 2 is 2.15 bits per heavy atom. The summed E-state index contributed by atoms with van der Waals surface area (Å²) in [5, 5.41) is 3.64. The normalized spacial score (nSPS) is 13.6. The Balaban J connectivity index is 2.12. The summed E-state index contributed by atoms with van der Waals surface area (Å²) >= 11 is 6.11. The van der Waals surface area contributed by atoms with Crippen LogP contribution in [-0.2, 0) is 19.5 Å². The molecule has 1 N–H and O–H groups in total. The van der Waals surface area contributed by atoms with Crippen LogP contribution in [0.2, 0.25) is 5.02 Å². The van der Waals surface area contributed by atoms with Gasteiger partial charge in [-0.25, -0.2) is 14.4 Å². The maximum atomic E-state index is 13.1. The largest absolute Gasteiger partial charge is 0.307 e. The molecule has 1 aliphatic rings. The van der Waals surface area contributed by atoms with E-state index in [2.05, 4.69) is 22.2 Å². The van der Waals surface area contributed by atoms with E-state index < -0.39 is 0 Å². The van der Waals surface area contributed by atoms with Crippen LogP contribution in [-0.4, -0.2) is 9.97 Å². The number of nitrogens with zero attached hydrogens (tertiary/aromatic N) is 2. The number of aromatic nitrogens is 2. The van der Waals surface area contributed by atoms with Crippen molar-refractivity contribution in [2.45, 2.75) is 32.9 Å². The number of rotatable bonds is 3. The van der Waals surface area contributed by atoms with Gasteiger partial charge in [0.1, 0.15) is 5.82 Å². The third-order valence-electron chi connectivity index (χ3n) is 3.43. The second kappa shape index (κ2) is 5.46. The summed E-state index contributed by atoms with van der Waals surface area (Å²) in [6.07, 6.45) is 1.94. The minimum Gasteiger partial charge on any atom is -0.307 e. The fraction of sp³-hybridized carbons (Fsp3) is 0.333. The van der Waals surface area contributed by atoms with Gasteiger partial charge in [0, 0.05) is 29.9 Å². The number of hydrogen-bond acceptors (Lipinski definition) is 3. The molecule has 3 nitrogen and oxygen atoms in total. The predicted molar refractivity (Wildman–Crippen MR) is 77.0 cm³/mol. The van der Waals surface area contributed by atoms with E-state index in [1.165, 1.54) is 17.7 Å². The number of hydrogen-bond donors (Lipinski definition) is 1. The zero-order valence-corrected chi connectivity index (χ0v) is 12.0. The van der Waals surface area contributed by atoms with Crippen LogP contribution in [0.5, 0.6) is 0 Å². The summed E-state index contributed by atoms with van der Waals surface area (Å²) in [7, 11) is 0. The Hall–Kier alpha value is -1.52. The number of aryl methyl sites for hydroxylation is 1. The summed E-state index contributed by atoms with van der Waals surface area (Å²) in [6.45, 7) is 3.70. The predicted octanol–water partition coefficient (Wildman–Crippen LogP) is 3.49. The van der Waals surface area contributed by atoms with Crippen molar-refractivity contribution in [2.75, 3.05) is 0 Å². The third-order valence-corrected chi connectivity index (χ3v) is 3.74. The summed E-state index contributed by atoms with van der Waals surface area (Å²) in [5.41, 5.74) is 3.98. The second-order valence-corrected chi connectivity index (χ2v) is 5.30. The van der Waals surface area contributed by atoms with Gasteiger partial charge in [0.05, 0.1) is 10.7 Å². The molecule has 2 aromatic rings. The van der Waals surface area contributed by atoms with E-state index in [0.717, 1.165) is 37.3 Å². The third kappa shape index (κ3) is 2.41. The molecule has 0 atom stereocenters. The van der Waals surface area contributed by atoms with E-state index in [0.29, 0.717) is 16.4 Å². The van der Waals surface area contributed by atoms with Gasteiger partial charge < -0.3 is 5.32 Å². The molecule has 0 saturated carbocycles. The molecule has 0 fully saturated rings. The maximum absolute atomic E-state index is 13.1. The van der Waals surface area contributed by atoms with Crippen molar-refractivity contribution in [1.82, 2.24) is 15.3 Å². The van der Waals surface area contributed by atoms with Crippen LogP contribution in [0.3, 0.4) is 0 Å². The van der Waals surface area contributed by atoms with E-state index in [1.807, 2.05) is 0 Å². The van der Waals surface area contributed by atoms with Crippen molar-refractivity contribution in [2.24, 2.45) is 0 Å². The molecule has 1 aliphatic heterocycles. The Labute approximate surface area is 122 Å².